The lowest BCUT2D eigenvalue weighted by atomic mass is 10.1. The van der Waals surface area contributed by atoms with E-state index in [0.29, 0.717) is 6.61 Å². The first-order valence-electron chi connectivity index (χ1n) is 9.02. The summed E-state index contributed by atoms with van der Waals surface area (Å²) in [5, 5.41) is 0. The maximum Gasteiger partial charge on any atom is 0.119 e. The van der Waals surface area contributed by atoms with Crippen LogP contribution in [0.2, 0.25) is 0 Å². The normalized spacial score (nSPS) is 13.8. The van der Waals surface area contributed by atoms with E-state index in [4.69, 9.17) is 4.74 Å². The SMILES string of the molecule is c1ccc(COc2ccc(N3CCCCc4ccccc43)cc2)cc1. The number of para-hydroxylation sites is 1. The van der Waals surface area contributed by atoms with Crippen molar-refractivity contribution in [1.82, 2.24) is 0 Å². The van der Waals surface area contributed by atoms with E-state index in [2.05, 4.69) is 65.6 Å². The predicted octanol–water partition coefficient (Wildman–Crippen LogP) is 5.74. The van der Waals surface area contributed by atoms with E-state index in [1.54, 1.807) is 0 Å². The first-order chi connectivity index (χ1) is 12.4. The average molecular weight is 329 g/mol. The smallest absolute Gasteiger partial charge is 0.119 e. The van der Waals surface area contributed by atoms with Gasteiger partial charge in [-0.05, 0) is 60.7 Å². The maximum absolute atomic E-state index is 5.91. The summed E-state index contributed by atoms with van der Waals surface area (Å²) in [5.41, 5.74) is 5.22. The highest BCUT2D eigenvalue weighted by atomic mass is 16.5. The summed E-state index contributed by atoms with van der Waals surface area (Å²) in [4.78, 5) is 2.43. The highest BCUT2D eigenvalue weighted by molar-refractivity contribution is 5.67. The quantitative estimate of drug-likeness (QED) is 0.605. The van der Waals surface area contributed by atoms with Crippen molar-refractivity contribution in [2.75, 3.05) is 11.4 Å². The molecule has 1 heterocycles. The van der Waals surface area contributed by atoms with Crippen LogP contribution >= 0.6 is 0 Å². The average Bonchev–Trinajstić information content (AvgIpc) is 2.90. The number of fused-ring (bicyclic) bond motifs is 1. The van der Waals surface area contributed by atoms with Crippen LogP contribution in [-0.4, -0.2) is 6.54 Å². The van der Waals surface area contributed by atoms with Crippen molar-refractivity contribution < 1.29 is 4.74 Å². The first-order valence-corrected chi connectivity index (χ1v) is 9.02. The summed E-state index contributed by atoms with van der Waals surface area (Å²) >= 11 is 0. The molecule has 0 saturated heterocycles. The van der Waals surface area contributed by atoms with Gasteiger partial charge in [0.15, 0.2) is 0 Å². The molecule has 3 aromatic carbocycles. The molecule has 25 heavy (non-hydrogen) atoms. The standard InChI is InChI=1S/C23H23NO/c1-2-8-19(9-3-1)18-25-22-15-13-21(14-16-22)24-17-7-6-11-20-10-4-5-12-23(20)24/h1-5,8-10,12-16H,6-7,11,17-18H2. The molecule has 0 fully saturated rings. The van der Waals surface area contributed by atoms with Crippen LogP contribution in [0.4, 0.5) is 11.4 Å². The zero-order chi connectivity index (χ0) is 16.9. The largest absolute Gasteiger partial charge is 0.489 e. The number of ether oxygens (including phenoxy) is 1. The minimum absolute atomic E-state index is 0.604. The van der Waals surface area contributed by atoms with Crippen LogP contribution in [0.15, 0.2) is 78.9 Å². The first kappa shape index (κ1) is 15.8. The van der Waals surface area contributed by atoms with E-state index < -0.39 is 0 Å². The Kier molecular flexibility index (Phi) is 4.69. The van der Waals surface area contributed by atoms with E-state index in [9.17, 15) is 0 Å². The Morgan fingerprint density at radius 1 is 0.760 bits per heavy atom. The predicted molar refractivity (Wildman–Crippen MR) is 104 cm³/mol. The molecule has 1 aliphatic rings. The molecule has 0 atom stereocenters. The van der Waals surface area contributed by atoms with Gasteiger partial charge in [-0.2, -0.15) is 0 Å². The summed E-state index contributed by atoms with van der Waals surface area (Å²) in [6.07, 6.45) is 3.65. The number of anilines is 2. The van der Waals surface area contributed by atoms with Crippen LogP contribution in [0.3, 0.4) is 0 Å². The fourth-order valence-electron chi connectivity index (χ4n) is 3.42. The Labute approximate surface area is 149 Å². The van der Waals surface area contributed by atoms with E-state index in [1.165, 1.54) is 41.8 Å². The van der Waals surface area contributed by atoms with Gasteiger partial charge in [-0.15, -0.1) is 0 Å². The molecule has 0 bridgehead atoms. The van der Waals surface area contributed by atoms with E-state index in [-0.39, 0.29) is 0 Å². The maximum atomic E-state index is 5.91. The number of nitrogens with zero attached hydrogens (tertiary/aromatic N) is 1. The molecular formula is C23H23NO. The molecule has 0 aliphatic carbocycles. The van der Waals surface area contributed by atoms with Crippen molar-refractivity contribution in [3.63, 3.8) is 0 Å². The van der Waals surface area contributed by atoms with Gasteiger partial charge in [-0.25, -0.2) is 0 Å². The number of hydrogen-bond acceptors (Lipinski definition) is 2. The van der Waals surface area contributed by atoms with Crippen molar-refractivity contribution in [3.05, 3.63) is 90.0 Å². The monoisotopic (exact) mass is 329 g/mol. The van der Waals surface area contributed by atoms with E-state index >= 15 is 0 Å². The van der Waals surface area contributed by atoms with Gasteiger partial charge in [-0.3, -0.25) is 0 Å². The minimum atomic E-state index is 0.604. The highest BCUT2D eigenvalue weighted by Gasteiger charge is 2.16. The summed E-state index contributed by atoms with van der Waals surface area (Å²) in [6, 6.07) is 27.5. The molecule has 0 N–H and O–H groups in total. The molecule has 2 heteroatoms. The Morgan fingerprint density at radius 3 is 2.36 bits per heavy atom. The van der Waals surface area contributed by atoms with Gasteiger partial charge in [0, 0.05) is 17.9 Å². The van der Waals surface area contributed by atoms with Gasteiger partial charge in [-0.1, -0.05) is 48.5 Å². The lowest BCUT2D eigenvalue weighted by Gasteiger charge is -2.25. The third-order valence-electron chi connectivity index (χ3n) is 4.76. The molecular weight excluding hydrogens is 306 g/mol. The number of benzene rings is 3. The van der Waals surface area contributed by atoms with Crippen LogP contribution in [-0.2, 0) is 13.0 Å². The molecule has 0 radical (unpaired) electrons. The zero-order valence-corrected chi connectivity index (χ0v) is 14.4. The van der Waals surface area contributed by atoms with Crippen LogP contribution in [0, 0.1) is 0 Å². The Bertz CT molecular complexity index is 811. The second-order valence-electron chi connectivity index (χ2n) is 6.51. The van der Waals surface area contributed by atoms with Crippen molar-refractivity contribution in [2.45, 2.75) is 25.9 Å². The molecule has 0 aromatic heterocycles. The van der Waals surface area contributed by atoms with Crippen molar-refractivity contribution in [1.29, 1.82) is 0 Å². The second-order valence-corrected chi connectivity index (χ2v) is 6.51. The molecule has 0 amide bonds. The molecule has 1 aliphatic heterocycles. The summed E-state index contributed by atoms with van der Waals surface area (Å²) in [6.45, 7) is 1.67. The number of hydrogen-bond donors (Lipinski definition) is 0. The van der Waals surface area contributed by atoms with Crippen LogP contribution in [0.1, 0.15) is 24.0 Å². The molecule has 0 saturated carbocycles. The number of aryl methyl sites for hydroxylation is 1. The molecule has 3 aromatic rings. The van der Waals surface area contributed by atoms with Crippen molar-refractivity contribution in [2.24, 2.45) is 0 Å². The minimum Gasteiger partial charge on any atom is -0.489 e. The molecule has 0 unspecified atom stereocenters. The Morgan fingerprint density at radius 2 is 1.52 bits per heavy atom. The molecule has 2 nitrogen and oxygen atoms in total. The summed E-state index contributed by atoms with van der Waals surface area (Å²) < 4.78 is 5.91. The van der Waals surface area contributed by atoms with Gasteiger partial charge >= 0.3 is 0 Å². The fraction of sp³-hybridized carbons (Fsp3) is 0.217. The van der Waals surface area contributed by atoms with Crippen molar-refractivity contribution >= 4 is 11.4 Å². The topological polar surface area (TPSA) is 12.5 Å². The third kappa shape index (κ3) is 3.69. The lowest BCUT2D eigenvalue weighted by Crippen LogP contribution is -2.17. The fourth-order valence-corrected chi connectivity index (χ4v) is 3.42. The van der Waals surface area contributed by atoms with Gasteiger partial charge in [0.25, 0.3) is 0 Å². The van der Waals surface area contributed by atoms with Gasteiger partial charge in [0.1, 0.15) is 12.4 Å². The lowest BCUT2D eigenvalue weighted by molar-refractivity contribution is 0.306. The van der Waals surface area contributed by atoms with E-state index in [0.717, 1.165) is 12.3 Å². The van der Waals surface area contributed by atoms with Crippen molar-refractivity contribution in [3.8, 4) is 5.75 Å². The zero-order valence-electron chi connectivity index (χ0n) is 14.4. The molecule has 0 spiro atoms. The summed E-state index contributed by atoms with van der Waals surface area (Å²) in [5.74, 6) is 0.913. The Balaban J connectivity index is 1.50. The van der Waals surface area contributed by atoms with E-state index in [1.807, 2.05) is 18.2 Å². The summed E-state index contributed by atoms with van der Waals surface area (Å²) in [7, 11) is 0. The molecule has 126 valence electrons. The van der Waals surface area contributed by atoms with Gasteiger partial charge in [0.05, 0.1) is 0 Å². The Hall–Kier alpha value is -2.74. The third-order valence-corrected chi connectivity index (χ3v) is 4.76. The highest BCUT2D eigenvalue weighted by Crippen LogP contribution is 2.33. The molecule has 4 rings (SSSR count). The van der Waals surface area contributed by atoms with Gasteiger partial charge < -0.3 is 9.64 Å². The van der Waals surface area contributed by atoms with Crippen LogP contribution in [0.5, 0.6) is 5.75 Å². The second kappa shape index (κ2) is 7.43. The van der Waals surface area contributed by atoms with Crippen LogP contribution < -0.4 is 9.64 Å². The van der Waals surface area contributed by atoms with Gasteiger partial charge in [0.2, 0.25) is 0 Å². The van der Waals surface area contributed by atoms with Crippen LogP contribution in [0.25, 0.3) is 0 Å². The number of rotatable bonds is 4.